The van der Waals surface area contributed by atoms with Gasteiger partial charge in [-0.25, -0.2) is 17.6 Å². The van der Waals surface area contributed by atoms with Gasteiger partial charge in [-0.2, -0.15) is 0 Å². The van der Waals surface area contributed by atoms with E-state index >= 15 is 0 Å². The maximum absolute atomic E-state index is 13.4. The molecule has 0 heterocycles. The van der Waals surface area contributed by atoms with Crippen LogP contribution in [0.5, 0.6) is 0 Å². The van der Waals surface area contributed by atoms with Crippen molar-refractivity contribution in [3.8, 4) is 44.5 Å². The maximum atomic E-state index is 13.4. The predicted molar refractivity (Wildman–Crippen MR) is 352 cm³/mol. The van der Waals surface area contributed by atoms with Crippen molar-refractivity contribution in [2.75, 3.05) is 0 Å². The van der Waals surface area contributed by atoms with Crippen molar-refractivity contribution in [3.63, 3.8) is 0 Å². The lowest BCUT2D eigenvalue weighted by Crippen LogP contribution is -2.13. The zero-order valence-corrected chi connectivity index (χ0v) is 51.4. The molecule has 0 spiro atoms. The molecule has 0 saturated heterocycles. The first kappa shape index (κ1) is 64.8. The van der Waals surface area contributed by atoms with E-state index in [1.54, 1.807) is 12.1 Å². The second-order valence-electron chi connectivity index (χ2n) is 23.9. The van der Waals surface area contributed by atoms with Gasteiger partial charge in [0.15, 0.2) is 23.3 Å². The maximum Gasteiger partial charge on any atom is 0.159 e. The van der Waals surface area contributed by atoms with Gasteiger partial charge in [-0.1, -0.05) is 253 Å². The molecule has 0 nitrogen and oxygen atoms in total. The molecule has 442 valence electrons. The first-order valence-electron chi connectivity index (χ1n) is 32.0. The van der Waals surface area contributed by atoms with E-state index in [1.807, 2.05) is 24.3 Å². The molecule has 0 unspecified atom stereocenters. The first-order chi connectivity index (χ1) is 40.9. The summed E-state index contributed by atoms with van der Waals surface area (Å²) in [6, 6.07) is 60.3. The minimum atomic E-state index is -0.797. The molecule has 84 heavy (non-hydrogen) atoms. The number of benzene rings is 8. The Morgan fingerprint density at radius 1 is 0.345 bits per heavy atom. The van der Waals surface area contributed by atoms with Crippen molar-refractivity contribution in [1.29, 1.82) is 0 Å². The molecule has 2 fully saturated rings. The number of hydrogen-bond acceptors (Lipinski definition) is 0. The highest BCUT2D eigenvalue weighted by molar-refractivity contribution is 5.66. The van der Waals surface area contributed by atoms with E-state index in [9.17, 15) is 17.6 Å². The molecular weight excluding hydrogens is 1040 g/mol. The van der Waals surface area contributed by atoms with Gasteiger partial charge in [-0.15, -0.1) is 0 Å². The van der Waals surface area contributed by atoms with E-state index in [1.165, 1.54) is 195 Å². The van der Waals surface area contributed by atoms with Gasteiger partial charge in [-0.3, -0.25) is 0 Å². The average molecular weight is 1130 g/mol. The highest BCUT2D eigenvalue weighted by Crippen LogP contribution is 2.40. The van der Waals surface area contributed by atoms with Crippen LogP contribution in [0, 0.1) is 49.0 Å². The van der Waals surface area contributed by atoms with E-state index in [4.69, 9.17) is 0 Å². The van der Waals surface area contributed by atoms with Crippen molar-refractivity contribution in [1.82, 2.24) is 0 Å². The van der Waals surface area contributed by atoms with Crippen LogP contribution in [0.4, 0.5) is 17.6 Å². The van der Waals surface area contributed by atoms with E-state index in [-0.39, 0.29) is 0 Å². The molecule has 2 aliphatic rings. The van der Waals surface area contributed by atoms with Crippen LogP contribution in [0.15, 0.2) is 194 Å². The van der Waals surface area contributed by atoms with Gasteiger partial charge in [-0.05, 0) is 213 Å². The number of rotatable bonds is 19. The summed E-state index contributed by atoms with van der Waals surface area (Å²) in [5.41, 5.74) is 16.8. The lowest BCUT2D eigenvalue weighted by atomic mass is 9.77. The third kappa shape index (κ3) is 20.8. The summed E-state index contributed by atoms with van der Waals surface area (Å²) in [4.78, 5) is 0. The molecule has 8 aromatic rings. The standard InChI is InChI=1S/C23H28F2.C21H24F2.C18H22.C18H20/c1-2-3-4-5-17-6-8-18(9-7-17)19-10-12-20(13-11-19)21-14-15-22(24)23(25)16-21;1-2-3-15-4-6-16(7-5-15)17-8-10-18(11-9-17)19-12-13-20(22)21(23)14-19;2*1-3-4-5-6-16-9-13-18(14-10-16)17-11-7-15(2)8-12-17/h10-18H,2-9H2,1H3;8-16H,2-7H2,1H3;7-14H,3-6H2,1-2H3;3-4,7-14H,5-6H2,1-2H3/b;;;4-3+. The summed E-state index contributed by atoms with van der Waals surface area (Å²) in [6.45, 7) is 13.1. The Morgan fingerprint density at radius 3 is 1.07 bits per heavy atom. The highest BCUT2D eigenvalue weighted by Gasteiger charge is 2.23. The normalized spacial score (nSPS) is 16.6. The molecule has 0 amide bonds. The Morgan fingerprint density at radius 2 is 0.690 bits per heavy atom. The highest BCUT2D eigenvalue weighted by atomic mass is 19.2. The van der Waals surface area contributed by atoms with Gasteiger partial charge in [0, 0.05) is 0 Å². The third-order valence-corrected chi connectivity index (χ3v) is 17.5. The molecule has 2 aliphatic carbocycles. The van der Waals surface area contributed by atoms with Crippen LogP contribution in [0.2, 0.25) is 0 Å². The minimum Gasteiger partial charge on any atom is -0.204 e. The molecule has 8 aromatic carbocycles. The summed E-state index contributed by atoms with van der Waals surface area (Å²) >= 11 is 0. The van der Waals surface area contributed by atoms with Crippen LogP contribution in [-0.4, -0.2) is 0 Å². The van der Waals surface area contributed by atoms with Crippen molar-refractivity contribution in [3.05, 3.63) is 251 Å². The zero-order chi connectivity index (χ0) is 59.5. The molecule has 2 saturated carbocycles. The van der Waals surface area contributed by atoms with Crippen molar-refractivity contribution >= 4 is 0 Å². The lowest BCUT2D eigenvalue weighted by molar-refractivity contribution is 0.303. The fourth-order valence-electron chi connectivity index (χ4n) is 12.1. The van der Waals surface area contributed by atoms with Gasteiger partial charge >= 0.3 is 0 Å². The molecule has 0 aliphatic heterocycles. The molecule has 0 atom stereocenters. The van der Waals surface area contributed by atoms with Crippen molar-refractivity contribution < 1.29 is 17.6 Å². The smallest absolute Gasteiger partial charge is 0.159 e. The van der Waals surface area contributed by atoms with Crippen molar-refractivity contribution in [2.24, 2.45) is 11.8 Å². The Hall–Kier alpha value is -6.78. The minimum absolute atomic E-state index is 0.654. The quantitative estimate of drug-likeness (QED) is 0.0430. The Balaban J connectivity index is 0.000000162. The fourth-order valence-corrected chi connectivity index (χ4v) is 12.1. The third-order valence-electron chi connectivity index (χ3n) is 17.5. The van der Waals surface area contributed by atoms with Crippen LogP contribution in [-0.2, 0) is 12.8 Å². The molecule has 0 N–H and O–H groups in total. The molecule has 10 rings (SSSR count). The topological polar surface area (TPSA) is 0 Å². The number of unbranched alkanes of at least 4 members (excludes halogenated alkanes) is 4. The number of halogens is 4. The molecular formula is C80H94F4. The predicted octanol–water partition coefficient (Wildman–Crippen LogP) is 24.8. The van der Waals surface area contributed by atoms with Gasteiger partial charge < -0.3 is 0 Å². The number of hydrogen-bond donors (Lipinski definition) is 0. The van der Waals surface area contributed by atoms with Crippen LogP contribution >= 0.6 is 0 Å². The van der Waals surface area contributed by atoms with Crippen LogP contribution in [0.1, 0.15) is 188 Å². The van der Waals surface area contributed by atoms with Crippen LogP contribution in [0.3, 0.4) is 0 Å². The second kappa shape index (κ2) is 34.9. The second-order valence-corrected chi connectivity index (χ2v) is 23.9. The van der Waals surface area contributed by atoms with E-state index in [0.717, 1.165) is 46.9 Å². The summed E-state index contributed by atoms with van der Waals surface area (Å²) in [6.07, 6.45) is 30.3. The number of allylic oxidation sites excluding steroid dienone is 2. The van der Waals surface area contributed by atoms with Crippen LogP contribution < -0.4 is 0 Å². The zero-order valence-electron chi connectivity index (χ0n) is 51.4. The van der Waals surface area contributed by atoms with E-state index < -0.39 is 23.3 Å². The molecule has 0 aromatic heterocycles. The first-order valence-corrected chi connectivity index (χ1v) is 32.0. The summed E-state index contributed by atoms with van der Waals surface area (Å²) in [7, 11) is 0. The van der Waals surface area contributed by atoms with Gasteiger partial charge in [0.2, 0.25) is 0 Å². The Kier molecular flexibility index (Phi) is 26.9. The molecule has 0 bridgehead atoms. The number of aryl methyl sites for hydroxylation is 4. The molecule has 4 heteroatoms. The molecule has 0 radical (unpaired) electrons. The Bertz CT molecular complexity index is 3140. The van der Waals surface area contributed by atoms with Gasteiger partial charge in [0.1, 0.15) is 0 Å². The largest absolute Gasteiger partial charge is 0.204 e. The SMILES string of the molecule is C/C=C/CCc1ccc(-c2ccc(C)cc2)cc1.CCCC1CCC(c2ccc(-c3ccc(F)c(F)c3)cc2)CC1.CCCCCC1CCC(c2ccc(-c3ccc(F)c(F)c3)cc2)CC1.CCCCCc1ccc(-c2ccc(C)cc2)cc1. The van der Waals surface area contributed by atoms with Gasteiger partial charge in [0.05, 0.1) is 0 Å². The summed E-state index contributed by atoms with van der Waals surface area (Å²) in [5, 5.41) is 0. The monoisotopic (exact) mass is 1130 g/mol. The average Bonchev–Trinajstić information content (AvgIpc) is 3.71. The van der Waals surface area contributed by atoms with E-state index in [2.05, 4.69) is 175 Å². The van der Waals surface area contributed by atoms with Crippen molar-refractivity contribution in [2.45, 2.75) is 182 Å². The summed E-state index contributed by atoms with van der Waals surface area (Å²) < 4.78 is 52.9. The fraction of sp³-hybridized carbons (Fsp3) is 0.375. The summed E-state index contributed by atoms with van der Waals surface area (Å²) in [5.74, 6) is -0.0282. The van der Waals surface area contributed by atoms with Gasteiger partial charge in [0.25, 0.3) is 0 Å². The van der Waals surface area contributed by atoms with E-state index in [0.29, 0.717) is 11.8 Å². The Labute approximate surface area is 503 Å². The lowest BCUT2D eigenvalue weighted by Gasteiger charge is -2.29. The van der Waals surface area contributed by atoms with Crippen LogP contribution in [0.25, 0.3) is 44.5 Å².